The zero-order valence-electron chi connectivity index (χ0n) is 19.0. The van der Waals surface area contributed by atoms with Crippen LogP contribution in [0.5, 0.6) is 5.75 Å². The van der Waals surface area contributed by atoms with Crippen molar-refractivity contribution in [1.82, 2.24) is 18.7 Å². The Morgan fingerprint density at radius 2 is 1.88 bits per heavy atom. The molecule has 4 aromatic rings. The molecule has 0 aliphatic heterocycles. The smallest absolute Gasteiger partial charge is 0.330 e. The van der Waals surface area contributed by atoms with Gasteiger partial charge in [0.05, 0.1) is 18.2 Å². The molecule has 8 nitrogen and oxygen atoms in total. The van der Waals surface area contributed by atoms with E-state index in [4.69, 9.17) is 9.72 Å². The van der Waals surface area contributed by atoms with Gasteiger partial charge in [-0.3, -0.25) is 23.3 Å². The highest BCUT2D eigenvalue weighted by Crippen LogP contribution is 2.31. The third kappa shape index (κ3) is 4.04. The number of aryl methyl sites for hydroxylation is 2. The molecule has 0 radical (unpaired) electrons. The van der Waals surface area contributed by atoms with Crippen LogP contribution in [0, 0.1) is 6.92 Å². The summed E-state index contributed by atoms with van der Waals surface area (Å²) in [6.07, 6.45) is 0.823. The fourth-order valence-electron chi connectivity index (χ4n) is 3.68. The van der Waals surface area contributed by atoms with Crippen LogP contribution in [0.1, 0.15) is 23.1 Å². The number of methoxy groups -OCH3 is 1. The Kier molecular flexibility index (Phi) is 6.31. The predicted octanol–water partition coefficient (Wildman–Crippen LogP) is 3.02. The molecule has 0 saturated heterocycles. The molecule has 3 aromatic heterocycles. The van der Waals surface area contributed by atoms with Crippen molar-refractivity contribution in [2.75, 3.05) is 7.11 Å². The van der Waals surface area contributed by atoms with Crippen LogP contribution in [-0.4, -0.2) is 25.8 Å². The summed E-state index contributed by atoms with van der Waals surface area (Å²) in [5.41, 5.74) is 1.23. The predicted molar refractivity (Wildman–Crippen MR) is 132 cm³/mol. The molecule has 0 unspecified atom stereocenters. The summed E-state index contributed by atoms with van der Waals surface area (Å²) in [6, 6.07) is 8.69. The van der Waals surface area contributed by atoms with Gasteiger partial charge in [0.1, 0.15) is 10.6 Å². The average molecular weight is 485 g/mol. The van der Waals surface area contributed by atoms with Crippen LogP contribution >= 0.6 is 23.1 Å². The van der Waals surface area contributed by atoms with Gasteiger partial charge in [-0.1, -0.05) is 24.8 Å². The van der Waals surface area contributed by atoms with Crippen LogP contribution in [0.2, 0.25) is 0 Å². The van der Waals surface area contributed by atoms with E-state index >= 15 is 0 Å². The Bertz CT molecular complexity index is 1550. The third-order valence-corrected chi connectivity index (χ3v) is 7.94. The van der Waals surface area contributed by atoms with Gasteiger partial charge < -0.3 is 4.74 Å². The van der Waals surface area contributed by atoms with Gasteiger partial charge in [-0.25, -0.2) is 9.78 Å². The normalized spacial score (nSPS) is 11.3. The standard InChI is InChI=1S/C23H24N4O4S2/c1-6-17-13(2)19-20(33-17)24-22(27(21(19)29)14-8-7-9-16(10-14)31-5)32-12-15-11-18(28)26(4)23(30)25(15)3/h7-11H,6,12H2,1-5H3. The minimum Gasteiger partial charge on any atom is -0.497 e. The van der Waals surface area contributed by atoms with E-state index in [1.807, 2.05) is 25.1 Å². The molecule has 0 atom stereocenters. The highest BCUT2D eigenvalue weighted by molar-refractivity contribution is 7.98. The van der Waals surface area contributed by atoms with Gasteiger partial charge in [-0.05, 0) is 31.0 Å². The molecule has 4 rings (SSSR count). The number of aromatic nitrogens is 4. The zero-order chi connectivity index (χ0) is 23.9. The van der Waals surface area contributed by atoms with Crippen molar-refractivity contribution in [3.8, 4) is 11.4 Å². The van der Waals surface area contributed by atoms with Crippen LogP contribution < -0.4 is 21.5 Å². The Morgan fingerprint density at radius 1 is 1.12 bits per heavy atom. The molecular weight excluding hydrogens is 460 g/mol. The first kappa shape index (κ1) is 23.1. The average Bonchev–Trinajstić information content (AvgIpc) is 3.14. The number of thiophene rings is 1. The highest BCUT2D eigenvalue weighted by atomic mass is 32.2. The molecule has 0 aliphatic carbocycles. The summed E-state index contributed by atoms with van der Waals surface area (Å²) >= 11 is 2.83. The second-order valence-corrected chi connectivity index (χ2v) is 9.61. The lowest BCUT2D eigenvalue weighted by atomic mass is 10.2. The summed E-state index contributed by atoms with van der Waals surface area (Å²) in [5, 5.41) is 1.10. The van der Waals surface area contributed by atoms with E-state index in [2.05, 4.69) is 6.92 Å². The maximum Gasteiger partial charge on any atom is 0.330 e. The second-order valence-electron chi connectivity index (χ2n) is 7.58. The second kappa shape index (κ2) is 9.03. The van der Waals surface area contributed by atoms with E-state index in [1.54, 1.807) is 24.8 Å². The maximum atomic E-state index is 13.7. The summed E-state index contributed by atoms with van der Waals surface area (Å²) in [4.78, 5) is 44.8. The molecule has 0 aliphatic rings. The zero-order valence-corrected chi connectivity index (χ0v) is 20.7. The van der Waals surface area contributed by atoms with Crippen molar-refractivity contribution in [1.29, 1.82) is 0 Å². The molecule has 3 heterocycles. The van der Waals surface area contributed by atoms with Gasteiger partial charge in [0, 0.05) is 42.6 Å². The third-order valence-electron chi connectivity index (χ3n) is 5.64. The van der Waals surface area contributed by atoms with E-state index in [0.717, 1.165) is 21.4 Å². The first-order chi connectivity index (χ1) is 15.8. The summed E-state index contributed by atoms with van der Waals surface area (Å²) in [5.74, 6) is 0.926. The quantitative estimate of drug-likeness (QED) is 0.309. The topological polar surface area (TPSA) is 88.1 Å². The fraction of sp³-hybridized carbons (Fsp3) is 0.304. The Balaban J connectivity index is 1.91. The molecule has 0 bridgehead atoms. The number of rotatable bonds is 6. The number of benzene rings is 1. The maximum absolute atomic E-state index is 13.7. The molecule has 33 heavy (non-hydrogen) atoms. The lowest BCUT2D eigenvalue weighted by molar-refractivity contribution is 0.414. The minimum absolute atomic E-state index is 0.151. The van der Waals surface area contributed by atoms with Crippen LogP contribution in [0.3, 0.4) is 0 Å². The molecule has 10 heteroatoms. The minimum atomic E-state index is -0.395. The summed E-state index contributed by atoms with van der Waals surface area (Å²) in [7, 11) is 4.65. The number of hydrogen-bond donors (Lipinski definition) is 0. The highest BCUT2D eigenvalue weighted by Gasteiger charge is 2.19. The van der Waals surface area contributed by atoms with Gasteiger partial charge in [-0.15, -0.1) is 11.3 Å². The Hall–Kier alpha value is -3.11. The number of ether oxygens (including phenoxy) is 1. The SMILES string of the molecule is CCc1sc2nc(SCc3cc(=O)n(C)c(=O)n3C)n(-c3cccc(OC)c3)c(=O)c2c1C. The van der Waals surface area contributed by atoms with Crippen molar-refractivity contribution in [2.45, 2.75) is 31.2 Å². The molecule has 0 fully saturated rings. The van der Waals surface area contributed by atoms with Gasteiger partial charge in [0.2, 0.25) is 0 Å². The van der Waals surface area contributed by atoms with Crippen LogP contribution in [0.4, 0.5) is 0 Å². The van der Waals surface area contributed by atoms with Crippen molar-refractivity contribution in [3.05, 3.63) is 77.7 Å². The molecule has 0 amide bonds. The largest absolute Gasteiger partial charge is 0.497 e. The molecule has 0 N–H and O–H groups in total. The number of thioether (sulfide) groups is 1. The van der Waals surface area contributed by atoms with Crippen LogP contribution in [0.25, 0.3) is 15.9 Å². The monoisotopic (exact) mass is 484 g/mol. The van der Waals surface area contributed by atoms with Gasteiger partial charge >= 0.3 is 5.69 Å². The van der Waals surface area contributed by atoms with Crippen LogP contribution in [0.15, 0.2) is 49.9 Å². The summed E-state index contributed by atoms with van der Waals surface area (Å²) < 4.78 is 9.43. The first-order valence-corrected chi connectivity index (χ1v) is 12.1. The van der Waals surface area contributed by atoms with E-state index in [9.17, 15) is 14.4 Å². The van der Waals surface area contributed by atoms with Gasteiger partial charge in [0.25, 0.3) is 11.1 Å². The first-order valence-electron chi connectivity index (χ1n) is 10.3. The van der Waals surface area contributed by atoms with E-state index < -0.39 is 5.69 Å². The fourth-order valence-corrected chi connectivity index (χ4v) is 5.87. The van der Waals surface area contributed by atoms with Crippen molar-refractivity contribution in [3.63, 3.8) is 0 Å². The van der Waals surface area contributed by atoms with Gasteiger partial charge in [-0.2, -0.15) is 0 Å². The van der Waals surface area contributed by atoms with Crippen molar-refractivity contribution in [2.24, 2.45) is 14.1 Å². The van der Waals surface area contributed by atoms with Crippen molar-refractivity contribution >= 4 is 33.3 Å². The lowest BCUT2D eigenvalue weighted by Gasteiger charge is -2.14. The van der Waals surface area contributed by atoms with Gasteiger partial charge in [0.15, 0.2) is 5.16 Å². The van der Waals surface area contributed by atoms with Crippen molar-refractivity contribution < 1.29 is 4.74 Å². The molecule has 172 valence electrons. The van der Waals surface area contributed by atoms with E-state index in [1.165, 1.54) is 40.8 Å². The lowest BCUT2D eigenvalue weighted by Crippen LogP contribution is -2.37. The van der Waals surface area contributed by atoms with E-state index in [-0.39, 0.29) is 11.1 Å². The molecule has 0 spiro atoms. The Morgan fingerprint density at radius 3 is 2.58 bits per heavy atom. The van der Waals surface area contributed by atoms with Crippen LogP contribution in [-0.2, 0) is 26.3 Å². The number of hydrogen-bond acceptors (Lipinski definition) is 7. The summed E-state index contributed by atoms with van der Waals surface area (Å²) in [6.45, 7) is 4.02. The molecular formula is C23H24N4O4S2. The Labute approximate surface area is 198 Å². The number of nitrogens with zero attached hydrogens (tertiary/aromatic N) is 4. The molecule has 1 aromatic carbocycles. The molecule has 0 saturated carbocycles. The number of fused-ring (bicyclic) bond motifs is 1. The van der Waals surface area contributed by atoms with E-state index in [0.29, 0.717) is 38.3 Å².